The lowest BCUT2D eigenvalue weighted by atomic mass is 9.92. The molecule has 1 fully saturated rings. The van der Waals surface area contributed by atoms with Crippen molar-refractivity contribution in [2.45, 2.75) is 12.0 Å². The van der Waals surface area contributed by atoms with Crippen LogP contribution < -0.4 is 0 Å². The summed E-state index contributed by atoms with van der Waals surface area (Å²) in [6, 6.07) is 4.55. The fourth-order valence-corrected chi connectivity index (χ4v) is 2.70. The lowest BCUT2D eigenvalue weighted by Gasteiger charge is -2.31. The van der Waals surface area contributed by atoms with Crippen molar-refractivity contribution >= 4 is 29.3 Å². The summed E-state index contributed by atoms with van der Waals surface area (Å²) in [5.41, 5.74) is 0.798. The van der Waals surface area contributed by atoms with E-state index in [0.717, 1.165) is 5.56 Å². The highest BCUT2D eigenvalue weighted by molar-refractivity contribution is 6.42. The van der Waals surface area contributed by atoms with Gasteiger partial charge in [0.25, 0.3) is 0 Å². The summed E-state index contributed by atoms with van der Waals surface area (Å²) in [7, 11) is 0. The molecule has 0 bridgehead atoms. The number of amides is 1. The molecule has 110 valence electrons. The van der Waals surface area contributed by atoms with Gasteiger partial charge in [-0.2, -0.15) is 0 Å². The number of hydrogen-bond donors (Lipinski definition) is 2. The summed E-state index contributed by atoms with van der Waals surface area (Å²) in [5, 5.41) is 19.6. The Kier molecular flexibility index (Phi) is 5.10. The summed E-state index contributed by atoms with van der Waals surface area (Å²) in [6.45, 7) is 0.590. The number of rotatable bonds is 2. The number of ether oxygens (including phenoxy) is 1. The molecule has 2 rings (SSSR count). The quantitative estimate of drug-likeness (QED) is 0.878. The van der Waals surface area contributed by atoms with Crippen LogP contribution in [0, 0.1) is 0 Å². The van der Waals surface area contributed by atoms with Crippen LogP contribution in [0.25, 0.3) is 0 Å². The van der Waals surface area contributed by atoms with Crippen molar-refractivity contribution < 1.29 is 19.7 Å². The third-order valence-electron chi connectivity index (χ3n) is 3.44. The Bertz CT molecular complexity index is 497. The molecule has 2 atom stereocenters. The van der Waals surface area contributed by atoms with Gasteiger partial charge in [0.2, 0.25) is 0 Å². The van der Waals surface area contributed by atoms with Crippen molar-refractivity contribution in [1.29, 1.82) is 0 Å². The molecule has 0 aromatic heterocycles. The van der Waals surface area contributed by atoms with Crippen molar-refractivity contribution in [3.63, 3.8) is 0 Å². The summed E-state index contributed by atoms with van der Waals surface area (Å²) in [5.74, 6) is -0.284. The third kappa shape index (κ3) is 3.17. The van der Waals surface area contributed by atoms with E-state index < -0.39 is 12.1 Å². The number of halogens is 2. The van der Waals surface area contributed by atoms with E-state index in [4.69, 9.17) is 27.9 Å². The first-order valence-corrected chi connectivity index (χ1v) is 6.93. The molecule has 0 radical (unpaired) electrons. The second-order valence-electron chi connectivity index (χ2n) is 4.58. The molecular weight excluding hydrogens is 305 g/mol. The first kappa shape index (κ1) is 15.4. The summed E-state index contributed by atoms with van der Waals surface area (Å²) in [6.07, 6.45) is -1.07. The Morgan fingerprint density at radius 1 is 1.40 bits per heavy atom. The normalized spacial score (nSPS) is 23.4. The predicted octanol–water partition coefficient (Wildman–Crippen LogP) is 2.45. The molecule has 1 aliphatic heterocycles. The SMILES string of the molecule is O=C(O)N1CCOCC(c2ccc(Cl)c(Cl)c2)C1CO. The van der Waals surface area contributed by atoms with Crippen molar-refractivity contribution in [2.24, 2.45) is 0 Å². The fourth-order valence-electron chi connectivity index (χ4n) is 2.39. The zero-order valence-corrected chi connectivity index (χ0v) is 12.1. The second kappa shape index (κ2) is 6.63. The van der Waals surface area contributed by atoms with Crippen LogP contribution in [-0.2, 0) is 4.74 Å². The number of aliphatic hydroxyl groups is 1. The monoisotopic (exact) mass is 319 g/mol. The standard InChI is InChI=1S/C13H15Cl2NO4/c14-10-2-1-8(5-11(10)15)9-7-20-4-3-16(13(18)19)12(9)6-17/h1-2,5,9,12,17H,3-4,6-7H2,(H,18,19). The zero-order chi connectivity index (χ0) is 14.7. The number of carbonyl (C=O) groups is 1. The number of nitrogens with zero attached hydrogens (tertiary/aromatic N) is 1. The van der Waals surface area contributed by atoms with Crippen molar-refractivity contribution in [2.75, 3.05) is 26.4 Å². The Hall–Kier alpha value is -1.01. The Labute approximate surface area is 126 Å². The van der Waals surface area contributed by atoms with Crippen molar-refractivity contribution in [1.82, 2.24) is 4.90 Å². The van der Waals surface area contributed by atoms with E-state index in [1.165, 1.54) is 4.90 Å². The number of carboxylic acid groups (broad SMARTS) is 1. The minimum absolute atomic E-state index is 0.235. The highest BCUT2D eigenvalue weighted by Gasteiger charge is 2.34. The molecule has 1 saturated heterocycles. The molecule has 0 saturated carbocycles. The molecule has 2 unspecified atom stereocenters. The van der Waals surface area contributed by atoms with Crippen LogP contribution in [0.1, 0.15) is 11.5 Å². The van der Waals surface area contributed by atoms with E-state index in [1.54, 1.807) is 18.2 Å². The molecule has 1 heterocycles. The first-order chi connectivity index (χ1) is 9.54. The van der Waals surface area contributed by atoms with Crippen LogP contribution in [0.3, 0.4) is 0 Å². The molecular formula is C13H15Cl2NO4. The van der Waals surface area contributed by atoms with Crippen LogP contribution in [0.4, 0.5) is 4.79 Å². The molecule has 0 spiro atoms. The van der Waals surface area contributed by atoms with Crippen LogP contribution in [-0.4, -0.2) is 53.6 Å². The maximum Gasteiger partial charge on any atom is 0.407 e. The zero-order valence-electron chi connectivity index (χ0n) is 10.6. The lowest BCUT2D eigenvalue weighted by Crippen LogP contribution is -2.45. The van der Waals surface area contributed by atoms with Crippen LogP contribution in [0.5, 0.6) is 0 Å². The molecule has 2 N–H and O–H groups in total. The molecule has 1 aromatic rings. The smallest absolute Gasteiger partial charge is 0.407 e. The van der Waals surface area contributed by atoms with Gasteiger partial charge in [-0.3, -0.25) is 0 Å². The maximum atomic E-state index is 11.3. The topological polar surface area (TPSA) is 70.0 Å². The van der Waals surface area contributed by atoms with Gasteiger partial charge in [0, 0.05) is 12.5 Å². The number of benzene rings is 1. The maximum absolute atomic E-state index is 11.3. The Balaban J connectivity index is 2.35. The molecule has 20 heavy (non-hydrogen) atoms. The summed E-state index contributed by atoms with van der Waals surface area (Å²) < 4.78 is 5.45. The van der Waals surface area contributed by atoms with Gasteiger partial charge >= 0.3 is 6.09 Å². The van der Waals surface area contributed by atoms with Gasteiger partial charge in [-0.05, 0) is 17.7 Å². The number of hydrogen-bond acceptors (Lipinski definition) is 3. The molecule has 1 amide bonds. The molecule has 0 aliphatic carbocycles. The average molecular weight is 320 g/mol. The van der Waals surface area contributed by atoms with Gasteiger partial charge in [-0.15, -0.1) is 0 Å². The van der Waals surface area contributed by atoms with Crippen LogP contribution in [0.15, 0.2) is 18.2 Å². The van der Waals surface area contributed by atoms with Gasteiger partial charge in [0.1, 0.15) is 0 Å². The van der Waals surface area contributed by atoms with E-state index in [9.17, 15) is 15.0 Å². The molecule has 5 nitrogen and oxygen atoms in total. The van der Waals surface area contributed by atoms with E-state index in [0.29, 0.717) is 23.3 Å². The van der Waals surface area contributed by atoms with E-state index in [2.05, 4.69) is 0 Å². The van der Waals surface area contributed by atoms with E-state index >= 15 is 0 Å². The number of aliphatic hydroxyl groups excluding tert-OH is 1. The lowest BCUT2D eigenvalue weighted by molar-refractivity contribution is 0.0941. The summed E-state index contributed by atoms with van der Waals surface area (Å²) >= 11 is 11.9. The van der Waals surface area contributed by atoms with Crippen molar-refractivity contribution in [3.05, 3.63) is 33.8 Å². The van der Waals surface area contributed by atoms with Crippen LogP contribution in [0.2, 0.25) is 10.0 Å². The van der Waals surface area contributed by atoms with Gasteiger partial charge in [0.15, 0.2) is 0 Å². The minimum atomic E-state index is -1.07. The van der Waals surface area contributed by atoms with Crippen LogP contribution >= 0.6 is 23.2 Å². The van der Waals surface area contributed by atoms with E-state index in [1.807, 2.05) is 0 Å². The average Bonchev–Trinajstić information content (AvgIpc) is 2.63. The Morgan fingerprint density at radius 2 is 2.15 bits per heavy atom. The largest absolute Gasteiger partial charge is 0.465 e. The van der Waals surface area contributed by atoms with Gasteiger partial charge < -0.3 is 19.8 Å². The van der Waals surface area contributed by atoms with Gasteiger partial charge in [-0.25, -0.2) is 4.79 Å². The Morgan fingerprint density at radius 3 is 2.75 bits per heavy atom. The predicted molar refractivity (Wildman–Crippen MR) is 75.6 cm³/mol. The first-order valence-electron chi connectivity index (χ1n) is 6.17. The fraction of sp³-hybridized carbons (Fsp3) is 0.462. The molecule has 1 aromatic carbocycles. The highest BCUT2D eigenvalue weighted by Crippen LogP contribution is 2.31. The highest BCUT2D eigenvalue weighted by atomic mass is 35.5. The third-order valence-corrected chi connectivity index (χ3v) is 4.18. The second-order valence-corrected chi connectivity index (χ2v) is 5.40. The molecule has 1 aliphatic rings. The van der Waals surface area contributed by atoms with Crippen molar-refractivity contribution in [3.8, 4) is 0 Å². The van der Waals surface area contributed by atoms with Gasteiger partial charge in [0.05, 0.1) is 35.9 Å². The van der Waals surface area contributed by atoms with Gasteiger partial charge in [-0.1, -0.05) is 29.3 Å². The minimum Gasteiger partial charge on any atom is -0.465 e. The molecule has 7 heteroatoms. The van der Waals surface area contributed by atoms with E-state index in [-0.39, 0.29) is 19.1 Å². The summed E-state index contributed by atoms with van der Waals surface area (Å²) in [4.78, 5) is 12.5.